The third kappa shape index (κ3) is 3.12. The van der Waals surface area contributed by atoms with Gasteiger partial charge in [0, 0.05) is 31.8 Å². The molecule has 1 aromatic rings. The fourth-order valence-corrected chi connectivity index (χ4v) is 4.66. The van der Waals surface area contributed by atoms with Gasteiger partial charge in [0.25, 0.3) is 5.69 Å². The summed E-state index contributed by atoms with van der Waals surface area (Å²) in [6.45, 7) is 0.662. The largest absolute Gasteiger partial charge is 0.368 e. The average molecular weight is 408 g/mol. The number of carbonyl (C=O) groups excluding carboxylic acids is 2. The number of carbonyl (C=O) groups is 2. The summed E-state index contributed by atoms with van der Waals surface area (Å²) < 4.78 is 0. The van der Waals surface area contributed by atoms with E-state index in [2.05, 4.69) is 10.2 Å². The maximum Gasteiger partial charge on any atom is 0.269 e. The van der Waals surface area contributed by atoms with Crippen LogP contribution < -0.4 is 0 Å². The minimum Gasteiger partial charge on any atom is -0.368 e. The van der Waals surface area contributed by atoms with Gasteiger partial charge in [0.15, 0.2) is 5.70 Å². The number of nitrogens with zero attached hydrogens (tertiary/aromatic N) is 6. The monoisotopic (exact) mass is 408 g/mol. The lowest BCUT2D eigenvalue weighted by atomic mass is 9.89. The Morgan fingerprint density at radius 1 is 1.20 bits per heavy atom. The highest BCUT2D eigenvalue weighted by Gasteiger charge is 2.59. The fourth-order valence-electron chi connectivity index (χ4n) is 4.66. The van der Waals surface area contributed by atoms with Crippen LogP contribution in [0.5, 0.6) is 0 Å². The van der Waals surface area contributed by atoms with Gasteiger partial charge in [0.05, 0.1) is 28.1 Å². The summed E-state index contributed by atoms with van der Waals surface area (Å²) in [5.74, 6) is -1.72. The van der Waals surface area contributed by atoms with Crippen LogP contribution in [-0.4, -0.2) is 46.2 Å². The molecule has 0 bridgehead atoms. The van der Waals surface area contributed by atoms with Crippen molar-refractivity contribution in [2.24, 2.45) is 22.1 Å². The van der Waals surface area contributed by atoms with Crippen LogP contribution in [-0.2, 0) is 9.59 Å². The van der Waals surface area contributed by atoms with Crippen LogP contribution >= 0.6 is 0 Å². The first kappa shape index (κ1) is 19.7. The first-order chi connectivity index (χ1) is 14.4. The number of amides is 2. The predicted octanol–water partition coefficient (Wildman–Crippen LogP) is 2.90. The summed E-state index contributed by atoms with van der Waals surface area (Å²) in [5.41, 5.74) is 0.755. The Labute approximate surface area is 172 Å². The van der Waals surface area contributed by atoms with Crippen LogP contribution in [0.1, 0.15) is 25.7 Å². The molecule has 3 saturated heterocycles. The van der Waals surface area contributed by atoms with Gasteiger partial charge in [-0.15, -0.1) is 10.2 Å². The predicted molar refractivity (Wildman–Crippen MR) is 104 cm³/mol. The van der Waals surface area contributed by atoms with E-state index in [4.69, 9.17) is 0 Å². The van der Waals surface area contributed by atoms with E-state index in [1.54, 1.807) is 0 Å². The molecule has 0 unspecified atom stereocenters. The Balaban J connectivity index is 1.75. The molecule has 3 fully saturated rings. The lowest BCUT2D eigenvalue weighted by Gasteiger charge is -2.28. The van der Waals surface area contributed by atoms with Crippen molar-refractivity contribution in [2.75, 3.05) is 13.6 Å². The van der Waals surface area contributed by atoms with Gasteiger partial charge in [0.1, 0.15) is 6.07 Å². The SMILES string of the molecule is CN1C(=O)[C@@H]2[C@H](C1=O)/C(=C(\C#N)N=Nc1ccc([N+](=O)[O-])cc1)N1CCCCC[C@H]21. The molecule has 0 spiro atoms. The summed E-state index contributed by atoms with van der Waals surface area (Å²) in [7, 11) is 1.48. The van der Waals surface area contributed by atoms with Gasteiger partial charge in [-0.3, -0.25) is 24.6 Å². The quantitative estimate of drug-likeness (QED) is 0.248. The van der Waals surface area contributed by atoms with Crippen molar-refractivity contribution in [3.63, 3.8) is 0 Å². The number of fused-ring (bicyclic) bond motifs is 3. The van der Waals surface area contributed by atoms with Crippen LogP contribution in [0.4, 0.5) is 11.4 Å². The molecule has 10 heteroatoms. The Morgan fingerprint density at radius 3 is 2.60 bits per heavy atom. The van der Waals surface area contributed by atoms with Gasteiger partial charge < -0.3 is 4.90 Å². The minimum atomic E-state index is -0.712. The Morgan fingerprint density at radius 2 is 1.93 bits per heavy atom. The molecule has 0 N–H and O–H groups in total. The normalized spacial score (nSPS) is 27.7. The maximum absolute atomic E-state index is 12.8. The molecule has 154 valence electrons. The molecule has 4 rings (SSSR count). The van der Waals surface area contributed by atoms with Gasteiger partial charge >= 0.3 is 0 Å². The van der Waals surface area contributed by atoms with Crippen molar-refractivity contribution in [2.45, 2.75) is 31.7 Å². The number of hydrogen-bond acceptors (Lipinski definition) is 8. The second kappa shape index (κ2) is 7.67. The van der Waals surface area contributed by atoms with E-state index in [0.717, 1.165) is 30.6 Å². The molecule has 0 aromatic heterocycles. The molecular weight excluding hydrogens is 388 g/mol. The molecule has 3 atom stereocenters. The number of nitro benzene ring substituents is 1. The number of rotatable bonds is 3. The number of benzene rings is 1. The fraction of sp³-hybridized carbons (Fsp3) is 0.450. The van der Waals surface area contributed by atoms with E-state index in [0.29, 0.717) is 17.9 Å². The summed E-state index contributed by atoms with van der Waals surface area (Å²) in [4.78, 5) is 39.0. The Hall–Kier alpha value is -3.61. The van der Waals surface area contributed by atoms with E-state index < -0.39 is 16.8 Å². The maximum atomic E-state index is 12.8. The third-order valence-electron chi connectivity index (χ3n) is 6.06. The highest BCUT2D eigenvalue weighted by atomic mass is 16.6. The lowest BCUT2D eigenvalue weighted by Crippen LogP contribution is -2.38. The average Bonchev–Trinajstić information content (AvgIpc) is 3.02. The summed E-state index contributed by atoms with van der Waals surface area (Å²) >= 11 is 0. The van der Waals surface area contributed by atoms with Gasteiger partial charge in [0.2, 0.25) is 11.8 Å². The first-order valence-corrected chi connectivity index (χ1v) is 9.82. The van der Waals surface area contributed by atoms with Gasteiger partial charge in [-0.05, 0) is 25.0 Å². The standard InChI is InChI=1S/C20H20N6O4/c1-24-19(27)16-15-5-3-2-4-10-25(15)18(17(16)20(24)28)14(11-21)23-22-12-6-8-13(9-7-12)26(29)30/h6-9,15-17H,2-5,10H2,1H3/b18-14-,23-22?/t15-,16+,17+/m1/s1. The number of nitriles is 1. The van der Waals surface area contributed by atoms with E-state index >= 15 is 0 Å². The molecule has 0 radical (unpaired) electrons. The van der Waals surface area contributed by atoms with Crippen molar-refractivity contribution >= 4 is 23.2 Å². The van der Waals surface area contributed by atoms with Crippen molar-refractivity contribution in [3.8, 4) is 6.07 Å². The zero-order valence-electron chi connectivity index (χ0n) is 16.4. The molecule has 10 nitrogen and oxygen atoms in total. The van der Waals surface area contributed by atoms with Gasteiger partial charge in [-0.25, -0.2) is 0 Å². The van der Waals surface area contributed by atoms with Crippen LogP contribution in [0, 0.1) is 33.3 Å². The molecule has 3 aliphatic heterocycles. The Bertz CT molecular complexity index is 1010. The molecule has 3 heterocycles. The van der Waals surface area contributed by atoms with E-state index in [-0.39, 0.29) is 29.2 Å². The summed E-state index contributed by atoms with van der Waals surface area (Å²) in [6, 6.07) is 7.41. The molecular formula is C20H20N6O4. The van der Waals surface area contributed by atoms with Gasteiger partial charge in [-0.1, -0.05) is 12.8 Å². The molecule has 3 aliphatic rings. The zero-order chi connectivity index (χ0) is 21.4. The van der Waals surface area contributed by atoms with E-state index in [1.807, 2.05) is 11.0 Å². The third-order valence-corrected chi connectivity index (χ3v) is 6.06. The number of non-ortho nitro benzene ring substituents is 1. The number of hydrogen-bond donors (Lipinski definition) is 0. The second-order valence-electron chi connectivity index (χ2n) is 7.67. The molecule has 0 aliphatic carbocycles. The van der Waals surface area contributed by atoms with Crippen molar-refractivity contribution in [3.05, 3.63) is 45.8 Å². The van der Waals surface area contributed by atoms with E-state index in [9.17, 15) is 25.0 Å². The topological polar surface area (TPSA) is 132 Å². The summed E-state index contributed by atoms with van der Waals surface area (Å²) in [5, 5.41) is 28.7. The Kier molecular flexibility index (Phi) is 5.03. The highest BCUT2D eigenvalue weighted by Crippen LogP contribution is 2.48. The lowest BCUT2D eigenvalue weighted by molar-refractivity contribution is -0.384. The zero-order valence-corrected chi connectivity index (χ0v) is 16.4. The molecule has 1 aromatic carbocycles. The number of nitro groups is 1. The van der Waals surface area contributed by atoms with Crippen molar-refractivity contribution < 1.29 is 14.5 Å². The van der Waals surface area contributed by atoms with E-state index in [1.165, 1.54) is 31.3 Å². The first-order valence-electron chi connectivity index (χ1n) is 9.82. The molecule has 30 heavy (non-hydrogen) atoms. The van der Waals surface area contributed by atoms with Gasteiger partial charge in [-0.2, -0.15) is 5.26 Å². The number of azo groups is 1. The second-order valence-corrected chi connectivity index (χ2v) is 7.67. The smallest absolute Gasteiger partial charge is 0.269 e. The van der Waals surface area contributed by atoms with Crippen LogP contribution in [0.2, 0.25) is 0 Å². The molecule has 0 saturated carbocycles. The number of imide groups is 1. The number of likely N-dealkylation sites (tertiary alicyclic amines) is 1. The molecule has 2 amide bonds. The van der Waals surface area contributed by atoms with Crippen molar-refractivity contribution in [1.29, 1.82) is 5.26 Å². The minimum absolute atomic E-state index is 0.00389. The van der Waals surface area contributed by atoms with Crippen molar-refractivity contribution in [1.82, 2.24) is 9.80 Å². The summed E-state index contributed by atoms with van der Waals surface area (Å²) in [6.07, 6.45) is 3.70. The highest BCUT2D eigenvalue weighted by molar-refractivity contribution is 6.07. The van der Waals surface area contributed by atoms with Crippen LogP contribution in [0.25, 0.3) is 0 Å². The number of allylic oxidation sites excluding steroid dienone is 1. The van der Waals surface area contributed by atoms with Crippen LogP contribution in [0.15, 0.2) is 45.9 Å². The van der Waals surface area contributed by atoms with Crippen LogP contribution in [0.3, 0.4) is 0 Å².